The Morgan fingerprint density at radius 1 is 1.47 bits per heavy atom. The molecule has 5 nitrogen and oxygen atoms in total. The minimum Gasteiger partial charge on any atom is -0.481 e. The predicted molar refractivity (Wildman–Crippen MR) is 71.9 cm³/mol. The number of amides is 2. The molecule has 0 aromatic carbocycles. The second-order valence-electron chi connectivity index (χ2n) is 6.41. The van der Waals surface area contributed by atoms with Gasteiger partial charge in [-0.25, -0.2) is 4.79 Å². The fraction of sp³-hybridized carbons (Fsp3) is 0.857. The van der Waals surface area contributed by atoms with Crippen LogP contribution in [-0.2, 0) is 4.79 Å². The lowest BCUT2D eigenvalue weighted by atomic mass is 9.85. The number of carbonyl (C=O) groups excluding carboxylic acids is 1. The van der Waals surface area contributed by atoms with Crippen LogP contribution in [0.15, 0.2) is 0 Å². The zero-order valence-electron chi connectivity index (χ0n) is 11.8. The molecule has 0 aromatic heterocycles. The quantitative estimate of drug-likeness (QED) is 0.820. The summed E-state index contributed by atoms with van der Waals surface area (Å²) in [6.07, 6.45) is 4.31. The monoisotopic (exact) mass is 268 g/mol. The van der Waals surface area contributed by atoms with Gasteiger partial charge in [-0.1, -0.05) is 6.92 Å². The Balaban J connectivity index is 1.85. The standard InChI is InChI=1S/C14H24N2O3/c1-10(8-12(17)18)11-4-3-7-16(9-11)13(19)15-14(2)5-6-14/h10-11H,3-9H2,1-2H3,(H,15,19)(H,17,18). The number of hydrogen-bond acceptors (Lipinski definition) is 2. The second-order valence-corrected chi connectivity index (χ2v) is 6.41. The molecule has 1 saturated heterocycles. The Morgan fingerprint density at radius 2 is 2.16 bits per heavy atom. The largest absolute Gasteiger partial charge is 0.481 e. The molecule has 2 aliphatic rings. The number of hydrogen-bond donors (Lipinski definition) is 2. The maximum atomic E-state index is 12.1. The molecule has 1 aliphatic heterocycles. The molecule has 108 valence electrons. The molecule has 1 heterocycles. The van der Waals surface area contributed by atoms with Gasteiger partial charge in [0.25, 0.3) is 0 Å². The van der Waals surface area contributed by atoms with Gasteiger partial charge in [0.1, 0.15) is 0 Å². The van der Waals surface area contributed by atoms with Crippen molar-refractivity contribution in [3.8, 4) is 0 Å². The van der Waals surface area contributed by atoms with E-state index in [1.54, 1.807) is 0 Å². The van der Waals surface area contributed by atoms with Crippen LogP contribution in [0.5, 0.6) is 0 Å². The van der Waals surface area contributed by atoms with E-state index >= 15 is 0 Å². The SMILES string of the molecule is CC(CC(=O)O)C1CCCN(C(=O)NC2(C)CC2)C1. The number of carboxylic acid groups (broad SMARTS) is 1. The van der Waals surface area contributed by atoms with Gasteiger partial charge in [-0.3, -0.25) is 4.79 Å². The lowest BCUT2D eigenvalue weighted by Crippen LogP contribution is -2.49. The first kappa shape index (κ1) is 14.2. The fourth-order valence-electron chi connectivity index (χ4n) is 2.75. The van der Waals surface area contributed by atoms with Crippen LogP contribution in [-0.4, -0.2) is 40.6 Å². The van der Waals surface area contributed by atoms with Crippen LogP contribution in [0.3, 0.4) is 0 Å². The van der Waals surface area contributed by atoms with Crippen LogP contribution < -0.4 is 5.32 Å². The van der Waals surface area contributed by atoms with Crippen LogP contribution in [0.25, 0.3) is 0 Å². The summed E-state index contributed by atoms with van der Waals surface area (Å²) in [6, 6.07) is 0.0206. The van der Waals surface area contributed by atoms with E-state index in [0.717, 1.165) is 32.2 Å². The number of nitrogens with one attached hydrogen (secondary N) is 1. The van der Waals surface area contributed by atoms with E-state index in [1.807, 2.05) is 11.8 Å². The van der Waals surface area contributed by atoms with Gasteiger partial charge < -0.3 is 15.3 Å². The second kappa shape index (κ2) is 5.39. The van der Waals surface area contributed by atoms with Crippen LogP contribution in [0.2, 0.25) is 0 Å². The summed E-state index contributed by atoms with van der Waals surface area (Å²) < 4.78 is 0. The molecule has 2 rings (SSSR count). The van der Waals surface area contributed by atoms with E-state index in [2.05, 4.69) is 12.2 Å². The average Bonchev–Trinajstić information content (AvgIpc) is 3.06. The van der Waals surface area contributed by atoms with Gasteiger partial charge in [-0.15, -0.1) is 0 Å². The lowest BCUT2D eigenvalue weighted by molar-refractivity contribution is -0.138. The molecule has 0 bridgehead atoms. The highest BCUT2D eigenvalue weighted by molar-refractivity contribution is 5.75. The molecular formula is C14H24N2O3. The summed E-state index contributed by atoms with van der Waals surface area (Å²) in [5.74, 6) is -0.313. The third-order valence-electron chi connectivity index (χ3n) is 4.46. The summed E-state index contributed by atoms with van der Waals surface area (Å²) >= 11 is 0. The number of carboxylic acids is 1. The van der Waals surface area contributed by atoms with E-state index in [4.69, 9.17) is 5.11 Å². The summed E-state index contributed by atoms with van der Waals surface area (Å²) in [6.45, 7) is 5.52. The van der Waals surface area contributed by atoms with Gasteiger partial charge in [0.15, 0.2) is 0 Å². The first-order valence-electron chi connectivity index (χ1n) is 7.18. The van der Waals surface area contributed by atoms with Crippen LogP contribution in [0.4, 0.5) is 4.79 Å². The van der Waals surface area contributed by atoms with E-state index in [1.165, 1.54) is 0 Å². The number of carbonyl (C=O) groups is 2. The van der Waals surface area contributed by atoms with Crippen molar-refractivity contribution < 1.29 is 14.7 Å². The number of rotatable bonds is 4. The Labute approximate surface area is 114 Å². The first-order chi connectivity index (χ1) is 8.89. The normalized spacial score (nSPS) is 26.6. The highest BCUT2D eigenvalue weighted by Gasteiger charge is 2.40. The van der Waals surface area contributed by atoms with Crippen molar-refractivity contribution in [1.29, 1.82) is 0 Å². The zero-order chi connectivity index (χ0) is 14.0. The number of piperidine rings is 1. The Hall–Kier alpha value is -1.26. The van der Waals surface area contributed by atoms with Crippen molar-refractivity contribution in [2.45, 2.75) is 51.5 Å². The summed E-state index contributed by atoms with van der Waals surface area (Å²) in [4.78, 5) is 24.8. The predicted octanol–water partition coefficient (Wildman–Crippen LogP) is 2.07. The molecule has 0 radical (unpaired) electrons. The Bertz CT molecular complexity index is 366. The maximum Gasteiger partial charge on any atom is 0.317 e. The lowest BCUT2D eigenvalue weighted by Gasteiger charge is -2.36. The van der Waals surface area contributed by atoms with E-state index in [-0.39, 0.29) is 23.9 Å². The summed E-state index contributed by atoms with van der Waals surface area (Å²) in [7, 11) is 0. The van der Waals surface area contributed by atoms with Crippen molar-refractivity contribution in [1.82, 2.24) is 10.2 Å². The van der Waals surface area contributed by atoms with Crippen molar-refractivity contribution in [2.75, 3.05) is 13.1 Å². The average molecular weight is 268 g/mol. The van der Waals surface area contributed by atoms with Crippen LogP contribution >= 0.6 is 0 Å². The Morgan fingerprint density at radius 3 is 2.74 bits per heavy atom. The molecule has 2 fully saturated rings. The number of likely N-dealkylation sites (tertiary alicyclic amines) is 1. The number of nitrogens with zero attached hydrogens (tertiary/aromatic N) is 1. The van der Waals surface area contributed by atoms with Gasteiger partial charge in [0.2, 0.25) is 0 Å². The van der Waals surface area contributed by atoms with Crippen LogP contribution in [0.1, 0.15) is 46.0 Å². The van der Waals surface area contributed by atoms with Crippen molar-refractivity contribution in [3.63, 3.8) is 0 Å². The minimum atomic E-state index is -0.750. The van der Waals surface area contributed by atoms with Crippen molar-refractivity contribution in [2.24, 2.45) is 11.8 Å². The third kappa shape index (κ3) is 3.85. The smallest absolute Gasteiger partial charge is 0.317 e. The van der Waals surface area contributed by atoms with Gasteiger partial charge >= 0.3 is 12.0 Å². The molecular weight excluding hydrogens is 244 g/mol. The van der Waals surface area contributed by atoms with Gasteiger partial charge in [0.05, 0.1) is 0 Å². The molecule has 1 aliphatic carbocycles. The summed E-state index contributed by atoms with van der Waals surface area (Å²) in [5, 5.41) is 11.9. The molecule has 0 spiro atoms. The highest BCUT2D eigenvalue weighted by atomic mass is 16.4. The Kier molecular flexibility index (Phi) is 4.02. The van der Waals surface area contributed by atoms with E-state index < -0.39 is 5.97 Å². The topological polar surface area (TPSA) is 69.6 Å². The molecule has 2 atom stereocenters. The number of aliphatic carboxylic acids is 1. The van der Waals surface area contributed by atoms with Gasteiger partial charge in [-0.2, -0.15) is 0 Å². The van der Waals surface area contributed by atoms with Gasteiger partial charge in [0, 0.05) is 25.0 Å². The number of urea groups is 1. The van der Waals surface area contributed by atoms with E-state index in [0.29, 0.717) is 12.5 Å². The highest BCUT2D eigenvalue weighted by Crippen LogP contribution is 2.35. The fourth-order valence-corrected chi connectivity index (χ4v) is 2.75. The zero-order valence-corrected chi connectivity index (χ0v) is 11.8. The first-order valence-corrected chi connectivity index (χ1v) is 7.18. The van der Waals surface area contributed by atoms with Crippen molar-refractivity contribution in [3.05, 3.63) is 0 Å². The molecule has 1 saturated carbocycles. The van der Waals surface area contributed by atoms with E-state index in [9.17, 15) is 9.59 Å². The molecule has 2 N–H and O–H groups in total. The minimum absolute atomic E-state index is 0.0106. The maximum absolute atomic E-state index is 12.1. The molecule has 5 heteroatoms. The van der Waals surface area contributed by atoms with Gasteiger partial charge in [-0.05, 0) is 44.4 Å². The third-order valence-corrected chi connectivity index (χ3v) is 4.46. The molecule has 0 aromatic rings. The molecule has 2 unspecified atom stereocenters. The molecule has 2 amide bonds. The molecule has 19 heavy (non-hydrogen) atoms. The van der Waals surface area contributed by atoms with Crippen molar-refractivity contribution >= 4 is 12.0 Å². The summed E-state index contributed by atoms with van der Waals surface area (Å²) in [5.41, 5.74) is 0.0106. The van der Waals surface area contributed by atoms with Crippen LogP contribution in [0, 0.1) is 11.8 Å².